The van der Waals surface area contributed by atoms with Gasteiger partial charge in [-0.25, -0.2) is 0 Å². The molecule has 16 N–H and O–H groups in total. The number of aromatic nitrogens is 2. The second-order valence-electron chi connectivity index (χ2n) is 38.6. The molecule has 3 unspecified atom stereocenters. The molecule has 46 heteroatoms. The van der Waals surface area contributed by atoms with Crippen molar-refractivity contribution in [1.29, 1.82) is 0 Å². The van der Waals surface area contributed by atoms with E-state index in [-0.39, 0.29) is 76.5 Å². The lowest BCUT2D eigenvalue weighted by molar-refractivity contribution is -0.155. The lowest BCUT2D eigenvalue weighted by Crippen LogP contribution is -2.68. The van der Waals surface area contributed by atoms with Crippen LogP contribution in [0, 0.1) is 47.3 Å². The molecule has 6 aromatic rings. The first kappa shape index (κ1) is 120. The van der Waals surface area contributed by atoms with Gasteiger partial charge in [-0.15, -0.1) is 0 Å². The maximum absolute atomic E-state index is 13.3. The van der Waals surface area contributed by atoms with Gasteiger partial charge >= 0.3 is 29.8 Å². The monoisotopic (exact) mass is 2070 g/mol. The van der Waals surface area contributed by atoms with Gasteiger partial charge in [-0.3, -0.25) is 106 Å². The number of nitrogens with one attached hydrogen (secondary N) is 9. The fraction of sp³-hybridized carbons (Fsp3) is 0.476. The summed E-state index contributed by atoms with van der Waals surface area (Å²) in [7, 11) is 0. The second-order valence-corrected chi connectivity index (χ2v) is 38.6. The third-order valence-electron chi connectivity index (χ3n) is 25.4. The Labute approximate surface area is 858 Å². The van der Waals surface area contributed by atoms with Crippen molar-refractivity contribution in [1.82, 2.24) is 82.3 Å². The van der Waals surface area contributed by atoms with E-state index >= 15 is 0 Å². The highest BCUT2D eigenvalue weighted by atomic mass is 16.4. The summed E-state index contributed by atoms with van der Waals surface area (Å²) in [6, 6.07) is 21.2. The van der Waals surface area contributed by atoms with E-state index in [0.717, 1.165) is 10.8 Å². The predicted octanol–water partition coefficient (Wildman–Crippen LogP) is 1.75. The average Bonchev–Trinajstić information content (AvgIpc) is 0.777. The number of nitrogens with two attached hydrogens (primary N) is 1. The minimum atomic E-state index is -1.23. The van der Waals surface area contributed by atoms with Gasteiger partial charge in [0, 0.05) is 84.8 Å². The molecule has 11 rings (SSSR count). The molecule has 0 radical (unpaired) electrons. The molecule has 5 aliphatic rings. The van der Waals surface area contributed by atoms with Crippen molar-refractivity contribution in [3.05, 3.63) is 156 Å². The number of carboxylic acid groups (broad SMARTS) is 5. The summed E-state index contributed by atoms with van der Waals surface area (Å²) in [5.41, 5.74) is 7.06. The van der Waals surface area contributed by atoms with Gasteiger partial charge in [-0.2, -0.15) is 0 Å². The zero-order valence-electron chi connectivity index (χ0n) is 85.0. The zero-order valence-corrected chi connectivity index (χ0v) is 85.0. The van der Waals surface area contributed by atoms with E-state index in [2.05, 4.69) is 57.8 Å². The number of likely N-dealkylation sites (tertiary alicyclic amines) is 5. The van der Waals surface area contributed by atoms with Crippen molar-refractivity contribution in [2.24, 2.45) is 53.1 Å². The van der Waals surface area contributed by atoms with Crippen molar-refractivity contribution >= 4 is 165 Å². The Hall–Kier alpha value is -16.1. The summed E-state index contributed by atoms with van der Waals surface area (Å²) in [6.07, 6.45) is 2.64. The number of fused-ring (bicyclic) bond motifs is 2. The average molecular weight is 2070 g/mol. The summed E-state index contributed by atoms with van der Waals surface area (Å²) >= 11 is 0. The van der Waals surface area contributed by atoms with Gasteiger partial charge in [0.15, 0.2) is 5.78 Å². The van der Waals surface area contributed by atoms with Crippen LogP contribution in [0.25, 0.3) is 21.5 Å². The third-order valence-corrected chi connectivity index (χ3v) is 25.4. The molecule has 0 bridgehead atoms. The highest BCUT2D eigenvalue weighted by molar-refractivity contribution is 6.09. The number of hydrogen-bond acceptors (Lipinski definition) is 27. The molecule has 14 amide bonds. The number of ketones is 1. The third kappa shape index (κ3) is 33.0. The first-order chi connectivity index (χ1) is 70.3. The van der Waals surface area contributed by atoms with Crippen LogP contribution < -0.4 is 53.6 Å². The van der Waals surface area contributed by atoms with Crippen molar-refractivity contribution in [3.63, 3.8) is 0 Å². The molecular formula is C103H131N17O29. The summed E-state index contributed by atoms with van der Waals surface area (Å²) in [5.74, 6) is -14.6. The smallest absolute Gasteiger partial charge is 0.305 e. The number of carbonyl (C=O) groups excluding carboxylic acids is 19. The molecule has 2 aromatic heterocycles. The van der Waals surface area contributed by atoms with Crippen molar-refractivity contribution in [2.45, 2.75) is 233 Å². The Balaban J connectivity index is 0.000000254. The summed E-state index contributed by atoms with van der Waals surface area (Å²) in [4.78, 5) is 303. The molecule has 7 heterocycles. The van der Waals surface area contributed by atoms with Crippen molar-refractivity contribution < 1.29 is 141 Å². The molecule has 149 heavy (non-hydrogen) atoms. The summed E-state index contributed by atoms with van der Waals surface area (Å²) < 4.78 is 0. The maximum atomic E-state index is 13.3. The Morgan fingerprint density at radius 1 is 0.336 bits per heavy atom. The van der Waals surface area contributed by atoms with E-state index in [1.807, 2.05) is 45.0 Å². The Kier molecular flexibility index (Phi) is 45.1. The standard InChI is InChI=1S/2C24H28N4O6.C21H27N3O6.C20H25N3O6.C14H23N3O5/c1-13(2)20(27-23(33)21-16-7-5-4-6-15(16)8-10-25-21)24(34)28-11-9-18(28)22(32)26-17(14(3)29)12-19(30)31;1-13(2)19(27-22(32)20-17-7-5-4-6-15(17)8-9-25-20)24(34)28-11-14(3)21(28)23(33)26-16(12-29)10-18(30)31;1-12(2)17(23-19(28)14-7-5-4-6-8-14)21(30)24-10-13(3)18(24)20(29)22-15(11-25)9-16(26)27;1-12(2)17(22-18(27)13-6-4-3-5-7-13)20(29)23-9-8-15(23)19(28)21-14(11-24)10-16(25)26;1-7(2)11(15)14(22)17-5-8(3)12(17)13(21)16-9(6-18)4-10(19)20/h4-8,10,13,17-18,20H,9,11-12H2,1-3H3,(H,26,32)(H,27,33)(H,30,31);4-9,12-14,16,19,21H,10-11H2,1-3H3,(H,26,33)(H,27,32)(H,30,31);4-8,11-13,15,17-18H,9-10H2,1-3H3,(H,22,29)(H,23,28)(H,26,27);3-7,11-12,14-15,17H,8-10H2,1-2H3,(H,21,28)(H,22,27)(H,25,26);6-9,11-12H,4-5,15H2,1-3H3,(H,16,21)(H,19,20)/t17-,18-,20-;14?,16-,19-,21-;13?,15-,17-,18-;14-,15-,17-;8?,9-,11-,12-/m00000/s1. The highest BCUT2D eigenvalue weighted by Gasteiger charge is 2.51. The minimum Gasteiger partial charge on any atom is -0.481 e. The summed E-state index contributed by atoms with van der Waals surface area (Å²) in [6.45, 7) is 26.2. The Bertz CT molecular complexity index is 5900. The van der Waals surface area contributed by atoms with Crippen molar-refractivity contribution in [3.8, 4) is 0 Å². The van der Waals surface area contributed by atoms with Crippen LogP contribution >= 0.6 is 0 Å². The largest absolute Gasteiger partial charge is 0.481 e. The molecule has 4 aromatic carbocycles. The van der Waals surface area contributed by atoms with Crippen LogP contribution in [0.4, 0.5) is 0 Å². The molecule has 0 saturated carbocycles. The second kappa shape index (κ2) is 56.0. The Morgan fingerprint density at radius 2 is 0.604 bits per heavy atom. The molecule has 5 aliphatic heterocycles. The van der Waals surface area contributed by atoms with Gasteiger partial charge in [0.2, 0.25) is 59.1 Å². The first-order valence-corrected chi connectivity index (χ1v) is 48.5. The van der Waals surface area contributed by atoms with E-state index in [0.29, 0.717) is 92.6 Å². The van der Waals surface area contributed by atoms with Crippen LogP contribution in [-0.2, 0) is 95.9 Å². The van der Waals surface area contributed by atoms with Gasteiger partial charge in [0.25, 0.3) is 23.6 Å². The van der Waals surface area contributed by atoms with E-state index in [9.17, 15) is 115 Å². The van der Waals surface area contributed by atoms with Crippen molar-refractivity contribution in [2.75, 3.05) is 32.7 Å². The zero-order chi connectivity index (χ0) is 111. The molecule has 802 valence electrons. The lowest BCUT2D eigenvalue weighted by atomic mass is 9.87. The number of pyridine rings is 2. The van der Waals surface area contributed by atoms with Gasteiger partial charge < -0.3 is 123 Å². The van der Waals surface area contributed by atoms with Gasteiger partial charge in [0.05, 0.1) is 68.4 Å². The number of hydrogen-bond donors (Lipinski definition) is 15. The SMILES string of the molecule is CC(=O)[C@H](CC(=O)O)NC(=O)[C@@H]1CCN1C(=O)[C@@H](NC(=O)c1nccc2ccccc12)C(C)C.CC(C)[C@H](N)C(=O)N1CC(C)[C@H]1C(=O)N[C@H](C=O)CC(=O)O.CC(C)[C@H](NC(=O)c1ccccc1)C(=O)N1CC(C)[C@H]1C(=O)N[C@H](C=O)CC(=O)O.CC(C)[C@H](NC(=O)c1ccccc1)C(=O)N1CC[C@H]1C(=O)N[C@H](C=O)CC(=O)O.CC(C)[C@H](NC(=O)c1nccc2ccccc12)C(=O)N1CC(C)[C@H]1C(=O)N[C@H](C=O)CC(=O)O. The van der Waals surface area contributed by atoms with Crippen LogP contribution in [0.15, 0.2) is 134 Å². The van der Waals surface area contributed by atoms with E-state index in [1.165, 1.54) is 43.8 Å². The van der Waals surface area contributed by atoms with E-state index in [1.54, 1.807) is 166 Å². The summed E-state index contributed by atoms with van der Waals surface area (Å²) in [5, 5.41) is 70.0. The molecular weight excluding hydrogens is 1940 g/mol. The topological polar surface area (TPSA) is 687 Å². The highest BCUT2D eigenvalue weighted by Crippen LogP contribution is 2.32. The molecule has 5 saturated heterocycles. The number of rotatable bonds is 43. The molecule has 0 aliphatic carbocycles. The fourth-order valence-corrected chi connectivity index (χ4v) is 16.8. The number of aldehydes is 4. The lowest BCUT2D eigenvalue weighted by Gasteiger charge is -2.47. The number of Topliss-reactive ketones (excluding diaryl/α,β-unsaturated/α-hetero) is 1. The van der Waals surface area contributed by atoms with Crippen LogP contribution in [0.2, 0.25) is 0 Å². The normalized spacial score (nSPS) is 19.1. The molecule has 0 spiro atoms. The van der Waals surface area contributed by atoms with Crippen LogP contribution in [0.3, 0.4) is 0 Å². The maximum Gasteiger partial charge on any atom is 0.305 e. The molecule has 46 nitrogen and oxygen atoms in total. The minimum absolute atomic E-state index is 0.0538. The van der Waals surface area contributed by atoms with Gasteiger partial charge in [-0.1, -0.05) is 175 Å². The number of nitrogens with zero attached hydrogens (tertiary/aromatic N) is 7. The van der Waals surface area contributed by atoms with Crippen LogP contribution in [-0.4, -0.2) is 327 Å². The van der Waals surface area contributed by atoms with Crippen LogP contribution in [0.5, 0.6) is 0 Å². The van der Waals surface area contributed by atoms with Crippen LogP contribution in [0.1, 0.15) is 184 Å². The van der Waals surface area contributed by atoms with E-state index < -0.39 is 223 Å². The fourth-order valence-electron chi connectivity index (χ4n) is 16.8. The number of carbonyl (C=O) groups is 24. The molecule has 5 fully saturated rings. The number of amides is 14. The quantitative estimate of drug-likeness (QED) is 0.0242. The number of aliphatic carboxylic acids is 5. The first-order valence-electron chi connectivity index (χ1n) is 48.5. The Morgan fingerprint density at radius 3 is 0.866 bits per heavy atom. The van der Waals surface area contributed by atoms with E-state index in [4.69, 9.17) is 31.3 Å². The van der Waals surface area contributed by atoms with Gasteiger partial charge in [0.1, 0.15) is 90.9 Å². The van der Waals surface area contributed by atoms with Gasteiger partial charge in [-0.05, 0) is 96.5 Å². The number of benzene rings is 4. The number of carboxylic acids is 5. The molecule has 18 atom stereocenters. The predicted molar refractivity (Wildman–Crippen MR) is 534 cm³/mol.